The molecule has 2 aromatic carbocycles. The Balaban J connectivity index is 0.00000363. The van der Waals surface area contributed by atoms with E-state index in [1.165, 1.54) is 27.8 Å². The number of hydrogen-bond acceptors (Lipinski definition) is 3. The first kappa shape index (κ1) is 25.5. The van der Waals surface area contributed by atoms with Gasteiger partial charge in [0.15, 0.2) is 0 Å². The first-order chi connectivity index (χ1) is 14.8. The van der Waals surface area contributed by atoms with E-state index in [4.69, 9.17) is 15.0 Å². The molecular formula is C28H31FeN3. The van der Waals surface area contributed by atoms with E-state index < -0.39 is 0 Å². The number of rotatable bonds is 6. The Morgan fingerprint density at radius 1 is 0.781 bits per heavy atom. The van der Waals surface area contributed by atoms with Crippen LogP contribution in [0.5, 0.6) is 0 Å². The van der Waals surface area contributed by atoms with Crippen molar-refractivity contribution in [1.29, 1.82) is 0 Å². The molecule has 0 bridgehead atoms. The van der Waals surface area contributed by atoms with Crippen LogP contribution in [0.2, 0.25) is 0 Å². The van der Waals surface area contributed by atoms with Gasteiger partial charge in [-0.15, -0.1) is 6.58 Å². The molecule has 3 nitrogen and oxygen atoms in total. The molecule has 166 valence electrons. The van der Waals surface area contributed by atoms with E-state index in [0.29, 0.717) is 0 Å². The van der Waals surface area contributed by atoms with E-state index in [-0.39, 0.29) is 17.1 Å². The summed E-state index contributed by atoms with van der Waals surface area (Å²) in [4.78, 5) is 14.7. The van der Waals surface area contributed by atoms with Gasteiger partial charge in [-0.25, -0.2) is 4.98 Å². The number of hydrogen-bond donors (Lipinski definition) is 0. The number of pyridine rings is 1. The molecule has 0 aliphatic carbocycles. The smallest absolute Gasteiger partial charge is 0.0849 e. The molecule has 0 aliphatic heterocycles. The van der Waals surface area contributed by atoms with E-state index in [0.717, 1.165) is 40.6 Å². The van der Waals surface area contributed by atoms with Crippen LogP contribution in [0.25, 0.3) is 0 Å². The summed E-state index contributed by atoms with van der Waals surface area (Å²) in [7, 11) is 0. The molecule has 0 unspecified atom stereocenters. The zero-order chi connectivity index (χ0) is 22.5. The summed E-state index contributed by atoms with van der Waals surface area (Å²) in [6.07, 6.45) is 2.80. The number of aromatic nitrogens is 1. The van der Waals surface area contributed by atoms with Crippen molar-refractivity contribution in [2.45, 2.75) is 48.0 Å². The fraction of sp³-hybridized carbons (Fsp3) is 0.250. The number of aliphatic imine (C=N–C) groups is 2. The second kappa shape index (κ2) is 11.2. The molecule has 32 heavy (non-hydrogen) atoms. The zero-order valence-corrected chi connectivity index (χ0v) is 20.9. The molecule has 1 aromatic heterocycles. The van der Waals surface area contributed by atoms with Crippen molar-refractivity contribution in [1.82, 2.24) is 4.98 Å². The average molecular weight is 465 g/mol. The molecule has 0 fully saturated rings. The van der Waals surface area contributed by atoms with Crippen LogP contribution in [0, 0.1) is 27.7 Å². The maximum atomic E-state index is 4.93. The normalized spacial score (nSPS) is 11.8. The van der Waals surface area contributed by atoms with E-state index in [2.05, 4.69) is 64.6 Å². The van der Waals surface area contributed by atoms with Crippen molar-refractivity contribution in [3.8, 4) is 0 Å². The Kier molecular flexibility index (Phi) is 8.89. The molecule has 0 saturated heterocycles. The van der Waals surface area contributed by atoms with Crippen LogP contribution in [0.3, 0.4) is 0 Å². The first-order valence-corrected chi connectivity index (χ1v) is 10.7. The third kappa shape index (κ3) is 5.91. The Hall–Kier alpha value is -2.81. The predicted octanol–water partition coefficient (Wildman–Crippen LogP) is 7.32. The summed E-state index contributed by atoms with van der Waals surface area (Å²) in [6.45, 7) is 16.3. The molecular weight excluding hydrogens is 434 g/mol. The molecule has 0 atom stereocenters. The van der Waals surface area contributed by atoms with Gasteiger partial charge in [0, 0.05) is 17.1 Å². The molecule has 3 rings (SSSR count). The van der Waals surface area contributed by atoms with Gasteiger partial charge in [0.25, 0.3) is 0 Å². The summed E-state index contributed by atoms with van der Waals surface area (Å²) < 4.78 is 0. The summed E-state index contributed by atoms with van der Waals surface area (Å²) in [5, 5.41) is 0. The van der Waals surface area contributed by atoms with Gasteiger partial charge in [0.05, 0.1) is 34.2 Å². The number of para-hydroxylation sites is 1. The second-order valence-corrected chi connectivity index (χ2v) is 8.11. The van der Waals surface area contributed by atoms with Gasteiger partial charge >= 0.3 is 0 Å². The van der Waals surface area contributed by atoms with E-state index in [1.54, 1.807) is 0 Å². The van der Waals surface area contributed by atoms with Crippen molar-refractivity contribution >= 4 is 22.8 Å². The van der Waals surface area contributed by atoms with Gasteiger partial charge in [0.1, 0.15) is 0 Å². The minimum Gasteiger partial charge on any atom is -0.251 e. The molecule has 0 spiro atoms. The maximum Gasteiger partial charge on any atom is 0.0849 e. The van der Waals surface area contributed by atoms with Crippen molar-refractivity contribution in [3.63, 3.8) is 0 Å². The predicted molar refractivity (Wildman–Crippen MR) is 134 cm³/mol. The number of nitrogens with zero attached hydrogens (tertiary/aromatic N) is 3. The molecule has 0 N–H and O–H groups in total. The van der Waals surface area contributed by atoms with Gasteiger partial charge in [-0.1, -0.05) is 42.5 Å². The Morgan fingerprint density at radius 3 is 1.69 bits per heavy atom. The number of benzene rings is 2. The molecule has 1 heterocycles. The average Bonchev–Trinajstić information content (AvgIpc) is 2.73. The van der Waals surface area contributed by atoms with Gasteiger partial charge in [-0.05, 0) is 87.9 Å². The van der Waals surface area contributed by atoms with Crippen LogP contribution in [0.1, 0.15) is 53.1 Å². The molecule has 0 radical (unpaired) electrons. The summed E-state index contributed by atoms with van der Waals surface area (Å²) in [5.41, 5.74) is 11.5. The van der Waals surface area contributed by atoms with Crippen LogP contribution >= 0.6 is 0 Å². The monoisotopic (exact) mass is 465 g/mol. The SMILES string of the molecule is C=CCc1cc(C)c(N=C(C)c2cccc(C(C)=Nc3c(C)cccc3C)n2)c(C)c1.[Fe]. The quantitative estimate of drug-likeness (QED) is 0.213. The Labute approximate surface area is 202 Å². The molecule has 3 aromatic rings. The van der Waals surface area contributed by atoms with E-state index in [1.807, 2.05) is 38.1 Å². The van der Waals surface area contributed by atoms with Crippen molar-refractivity contribution < 1.29 is 17.1 Å². The third-order valence-corrected chi connectivity index (χ3v) is 5.42. The minimum absolute atomic E-state index is 0. The van der Waals surface area contributed by atoms with Crippen LogP contribution in [0.15, 0.2) is 71.2 Å². The number of aryl methyl sites for hydroxylation is 4. The summed E-state index contributed by atoms with van der Waals surface area (Å²) in [5.74, 6) is 0. The third-order valence-electron chi connectivity index (χ3n) is 5.42. The zero-order valence-electron chi connectivity index (χ0n) is 19.8. The molecule has 0 aliphatic rings. The van der Waals surface area contributed by atoms with Crippen molar-refractivity contribution in [3.05, 3.63) is 100 Å². The Morgan fingerprint density at radius 2 is 1.22 bits per heavy atom. The van der Waals surface area contributed by atoms with Gasteiger partial charge in [-0.3, -0.25) is 9.98 Å². The summed E-state index contributed by atoms with van der Waals surface area (Å²) in [6, 6.07) is 16.6. The minimum atomic E-state index is 0. The Bertz CT molecular complexity index is 1150. The largest absolute Gasteiger partial charge is 0.251 e. The van der Waals surface area contributed by atoms with Gasteiger partial charge in [0.2, 0.25) is 0 Å². The van der Waals surface area contributed by atoms with Crippen molar-refractivity contribution in [2.75, 3.05) is 0 Å². The number of allylic oxidation sites excluding steroid dienone is 1. The van der Waals surface area contributed by atoms with Crippen LogP contribution < -0.4 is 0 Å². The topological polar surface area (TPSA) is 37.6 Å². The van der Waals surface area contributed by atoms with E-state index in [9.17, 15) is 0 Å². The maximum absolute atomic E-state index is 4.93. The van der Waals surface area contributed by atoms with Crippen LogP contribution in [0.4, 0.5) is 11.4 Å². The standard InChI is InChI=1S/C28H31N3.Fe/c1-8-11-24-16-20(4)28(21(5)17-24)30-23(7)26-15-10-14-25(31-26)22(6)29-27-18(2)12-9-13-19(27)3;/h8-10,12-17H,1,11H2,2-7H3;. The van der Waals surface area contributed by atoms with Gasteiger partial charge in [-0.2, -0.15) is 0 Å². The second-order valence-electron chi connectivity index (χ2n) is 8.11. The molecule has 0 amide bonds. The first-order valence-electron chi connectivity index (χ1n) is 10.7. The van der Waals surface area contributed by atoms with E-state index >= 15 is 0 Å². The summed E-state index contributed by atoms with van der Waals surface area (Å²) >= 11 is 0. The van der Waals surface area contributed by atoms with Crippen LogP contribution in [-0.4, -0.2) is 16.4 Å². The molecule has 0 saturated carbocycles. The molecule has 4 heteroatoms. The van der Waals surface area contributed by atoms with Gasteiger partial charge < -0.3 is 0 Å². The van der Waals surface area contributed by atoms with Crippen molar-refractivity contribution in [2.24, 2.45) is 9.98 Å². The fourth-order valence-corrected chi connectivity index (χ4v) is 3.78. The fourth-order valence-electron chi connectivity index (χ4n) is 3.78. The van der Waals surface area contributed by atoms with Crippen LogP contribution in [-0.2, 0) is 23.5 Å².